The molecule has 166 valence electrons. The molecular weight excluding hydrogens is 396 g/mol. The fourth-order valence-electron chi connectivity index (χ4n) is 3.65. The maximum Gasteiger partial charge on any atom is 0.182 e. The number of carbonyl (C=O) groups excluding carboxylic acids is 1. The predicted molar refractivity (Wildman–Crippen MR) is 122 cm³/mol. The van der Waals surface area contributed by atoms with Crippen LogP contribution in [0.3, 0.4) is 0 Å². The topological polar surface area (TPSA) is 69.6 Å². The molecule has 0 unspecified atom stereocenters. The summed E-state index contributed by atoms with van der Waals surface area (Å²) < 4.78 is 21.7. The fraction of sp³-hybridized carbons (Fsp3) is 0.417. The Balaban J connectivity index is 2.00. The number of anilines is 1. The summed E-state index contributed by atoms with van der Waals surface area (Å²) in [6.45, 7) is 0.876. The lowest BCUT2D eigenvalue weighted by atomic mass is 10.1. The molecule has 0 fully saturated rings. The van der Waals surface area contributed by atoms with Crippen molar-refractivity contribution in [2.45, 2.75) is 25.7 Å². The van der Waals surface area contributed by atoms with Crippen LogP contribution in [0.5, 0.6) is 23.0 Å². The van der Waals surface area contributed by atoms with Gasteiger partial charge in [-0.2, -0.15) is 0 Å². The van der Waals surface area contributed by atoms with Gasteiger partial charge in [0.25, 0.3) is 0 Å². The van der Waals surface area contributed by atoms with Crippen LogP contribution in [0.15, 0.2) is 41.4 Å². The number of methoxy groups -OCH3 is 4. The maximum absolute atomic E-state index is 13.3. The monoisotopic (exact) mass is 426 g/mol. The Bertz CT molecular complexity index is 942. The minimum absolute atomic E-state index is 0.0576. The van der Waals surface area contributed by atoms with E-state index in [4.69, 9.17) is 23.9 Å². The van der Waals surface area contributed by atoms with Crippen molar-refractivity contribution in [1.82, 2.24) is 0 Å². The second-order valence-electron chi connectivity index (χ2n) is 7.23. The van der Waals surface area contributed by atoms with E-state index in [1.165, 1.54) is 0 Å². The summed E-state index contributed by atoms with van der Waals surface area (Å²) in [5.41, 5.74) is 1.30. The number of benzene rings is 2. The van der Waals surface area contributed by atoms with E-state index in [-0.39, 0.29) is 12.3 Å². The number of carbonyl (C=O) groups is 1. The number of nitrogens with zero attached hydrogens (tertiary/aromatic N) is 2. The van der Waals surface area contributed by atoms with Gasteiger partial charge >= 0.3 is 0 Å². The molecule has 0 saturated heterocycles. The Morgan fingerprint density at radius 1 is 0.871 bits per heavy atom. The summed E-state index contributed by atoms with van der Waals surface area (Å²) >= 11 is 0. The molecule has 0 radical (unpaired) electrons. The van der Waals surface area contributed by atoms with Crippen LogP contribution in [0.1, 0.15) is 36.0 Å². The molecule has 7 nitrogen and oxygen atoms in total. The standard InChI is InChI=1S/C24H30N2O5/c1-28-18-10-12-21(29-2)19(15-18)26(24-8-6-5-7-13-25-24)16-20(27)17-9-11-22(30-3)23(14-17)31-4/h9-12,14-15H,5-8,13,16H2,1-4H3. The molecule has 7 heteroatoms. The van der Waals surface area contributed by atoms with Gasteiger partial charge in [0.15, 0.2) is 17.3 Å². The van der Waals surface area contributed by atoms with Crippen molar-refractivity contribution in [3.05, 3.63) is 42.0 Å². The van der Waals surface area contributed by atoms with Gasteiger partial charge in [0.1, 0.15) is 17.3 Å². The van der Waals surface area contributed by atoms with Crippen LogP contribution >= 0.6 is 0 Å². The predicted octanol–water partition coefficient (Wildman–Crippen LogP) is 4.38. The van der Waals surface area contributed by atoms with Gasteiger partial charge in [-0.05, 0) is 43.2 Å². The molecule has 3 rings (SSSR count). The Morgan fingerprint density at radius 3 is 2.32 bits per heavy atom. The summed E-state index contributed by atoms with van der Waals surface area (Å²) in [6.07, 6.45) is 4.02. The summed E-state index contributed by atoms with van der Waals surface area (Å²) in [7, 11) is 6.36. The number of aliphatic imine (C=N–C) groups is 1. The number of ether oxygens (including phenoxy) is 4. The van der Waals surface area contributed by atoms with Crippen LogP contribution in [0.4, 0.5) is 5.69 Å². The van der Waals surface area contributed by atoms with Crippen LogP contribution < -0.4 is 23.8 Å². The molecule has 0 saturated carbocycles. The molecule has 2 aromatic carbocycles. The highest BCUT2D eigenvalue weighted by Crippen LogP contribution is 2.34. The van der Waals surface area contributed by atoms with Crippen LogP contribution in [0, 0.1) is 0 Å². The number of hydrogen-bond donors (Lipinski definition) is 0. The molecule has 2 aromatic rings. The first-order chi connectivity index (χ1) is 15.1. The summed E-state index contributed by atoms with van der Waals surface area (Å²) in [6, 6.07) is 10.8. The molecule has 0 atom stereocenters. The van der Waals surface area contributed by atoms with Gasteiger partial charge < -0.3 is 23.8 Å². The molecular formula is C24H30N2O5. The third kappa shape index (κ3) is 5.29. The zero-order valence-corrected chi connectivity index (χ0v) is 18.6. The van der Waals surface area contributed by atoms with Crippen molar-refractivity contribution in [2.75, 3.05) is 46.4 Å². The average molecular weight is 427 g/mol. The third-order valence-corrected chi connectivity index (χ3v) is 5.35. The quantitative estimate of drug-likeness (QED) is 0.584. The van der Waals surface area contributed by atoms with Gasteiger partial charge in [-0.15, -0.1) is 0 Å². The molecule has 31 heavy (non-hydrogen) atoms. The largest absolute Gasteiger partial charge is 0.497 e. The lowest BCUT2D eigenvalue weighted by molar-refractivity contribution is 0.100. The highest BCUT2D eigenvalue weighted by molar-refractivity contribution is 6.08. The van der Waals surface area contributed by atoms with Crippen molar-refractivity contribution in [3.63, 3.8) is 0 Å². The van der Waals surface area contributed by atoms with E-state index in [0.29, 0.717) is 28.6 Å². The lowest BCUT2D eigenvalue weighted by Gasteiger charge is -2.27. The van der Waals surface area contributed by atoms with Crippen LogP contribution in [-0.2, 0) is 0 Å². The highest BCUT2D eigenvalue weighted by atomic mass is 16.5. The number of hydrogen-bond acceptors (Lipinski definition) is 7. The molecule has 1 aliphatic heterocycles. The van der Waals surface area contributed by atoms with Crippen LogP contribution in [0.2, 0.25) is 0 Å². The molecule has 1 aliphatic rings. The van der Waals surface area contributed by atoms with E-state index in [0.717, 1.165) is 43.8 Å². The number of ketones is 1. The second kappa shape index (κ2) is 10.7. The van der Waals surface area contributed by atoms with Gasteiger partial charge in [0.05, 0.1) is 40.7 Å². The molecule has 1 heterocycles. The van der Waals surface area contributed by atoms with Crippen molar-refractivity contribution < 1.29 is 23.7 Å². The highest BCUT2D eigenvalue weighted by Gasteiger charge is 2.23. The average Bonchev–Trinajstić information content (AvgIpc) is 3.10. The van der Waals surface area contributed by atoms with Crippen molar-refractivity contribution in [1.29, 1.82) is 0 Å². The molecule has 0 bridgehead atoms. The van der Waals surface area contributed by atoms with E-state index in [9.17, 15) is 4.79 Å². The molecule has 0 N–H and O–H groups in total. The smallest absolute Gasteiger partial charge is 0.182 e. The SMILES string of the molecule is COc1ccc(OC)c(N(CC(=O)c2ccc(OC)c(OC)c2)C2=NCCCCC2)c1. The van der Waals surface area contributed by atoms with E-state index in [2.05, 4.69) is 0 Å². The molecule has 0 aromatic heterocycles. The zero-order chi connectivity index (χ0) is 22.2. The maximum atomic E-state index is 13.3. The van der Waals surface area contributed by atoms with Gasteiger partial charge in [-0.3, -0.25) is 9.79 Å². The Kier molecular flexibility index (Phi) is 7.76. The Hall–Kier alpha value is -3.22. The minimum atomic E-state index is -0.0576. The van der Waals surface area contributed by atoms with E-state index in [1.54, 1.807) is 46.6 Å². The van der Waals surface area contributed by atoms with Gasteiger partial charge in [-0.25, -0.2) is 0 Å². The summed E-state index contributed by atoms with van der Waals surface area (Å²) in [5.74, 6) is 3.28. The normalized spacial score (nSPS) is 13.6. The third-order valence-electron chi connectivity index (χ3n) is 5.35. The molecule has 0 spiro atoms. The van der Waals surface area contributed by atoms with Crippen molar-refractivity contribution >= 4 is 17.3 Å². The fourth-order valence-corrected chi connectivity index (χ4v) is 3.65. The van der Waals surface area contributed by atoms with E-state index in [1.807, 2.05) is 23.1 Å². The first-order valence-electron chi connectivity index (χ1n) is 10.4. The summed E-state index contributed by atoms with van der Waals surface area (Å²) in [5, 5.41) is 0. The number of rotatable bonds is 8. The molecule has 0 aliphatic carbocycles. The number of Topliss-reactive ketones (excluding diaryl/α,β-unsaturated/α-hetero) is 1. The van der Waals surface area contributed by atoms with E-state index >= 15 is 0 Å². The Morgan fingerprint density at radius 2 is 1.61 bits per heavy atom. The Labute approximate surface area is 183 Å². The first-order valence-corrected chi connectivity index (χ1v) is 10.4. The lowest BCUT2D eigenvalue weighted by Crippen LogP contribution is -2.36. The van der Waals surface area contributed by atoms with E-state index < -0.39 is 0 Å². The van der Waals surface area contributed by atoms with Gasteiger partial charge in [-0.1, -0.05) is 6.42 Å². The number of amidine groups is 1. The minimum Gasteiger partial charge on any atom is -0.497 e. The second-order valence-corrected chi connectivity index (χ2v) is 7.23. The van der Waals surface area contributed by atoms with Gasteiger partial charge in [0.2, 0.25) is 0 Å². The first kappa shape index (κ1) is 22.5. The molecule has 0 amide bonds. The van der Waals surface area contributed by atoms with Crippen molar-refractivity contribution in [3.8, 4) is 23.0 Å². The van der Waals surface area contributed by atoms with Gasteiger partial charge in [0, 0.05) is 24.6 Å². The van der Waals surface area contributed by atoms with Crippen LogP contribution in [0.25, 0.3) is 0 Å². The van der Waals surface area contributed by atoms with Crippen molar-refractivity contribution in [2.24, 2.45) is 4.99 Å². The zero-order valence-electron chi connectivity index (χ0n) is 18.6. The van der Waals surface area contributed by atoms with Crippen LogP contribution in [-0.4, -0.2) is 53.1 Å². The summed E-state index contributed by atoms with van der Waals surface area (Å²) in [4.78, 5) is 20.1.